The molecule has 4 rings (SSSR count). The number of hydrogen-bond donors (Lipinski definition) is 0. The molecular weight excluding hydrogens is 514 g/mol. The molecule has 0 saturated carbocycles. The van der Waals surface area contributed by atoms with Crippen molar-refractivity contribution in [3.05, 3.63) is 68.2 Å². The van der Waals surface area contributed by atoms with Crippen LogP contribution in [0, 0.1) is 10.1 Å². The molecule has 2 aromatic carbocycles. The van der Waals surface area contributed by atoms with E-state index in [9.17, 15) is 18.5 Å². The minimum absolute atomic E-state index is 0.0722. The summed E-state index contributed by atoms with van der Waals surface area (Å²) >= 11 is 7.35. The lowest BCUT2D eigenvalue weighted by Crippen LogP contribution is -2.39. The molecule has 0 bridgehead atoms. The average molecular weight is 538 g/mol. The first kappa shape index (κ1) is 25.2. The second-order valence-electron chi connectivity index (χ2n) is 8.08. The summed E-state index contributed by atoms with van der Waals surface area (Å²) in [6.45, 7) is 1.05. The van der Waals surface area contributed by atoms with Gasteiger partial charge in [-0.25, -0.2) is 13.4 Å². The first-order chi connectivity index (χ1) is 16.7. The molecule has 1 aliphatic rings. The quantitative estimate of drug-likeness (QED) is 0.299. The minimum atomic E-state index is -3.72. The van der Waals surface area contributed by atoms with Crippen LogP contribution in [0.3, 0.4) is 0 Å². The monoisotopic (exact) mass is 537 g/mol. The zero-order valence-electron chi connectivity index (χ0n) is 19.1. The van der Waals surface area contributed by atoms with Crippen molar-refractivity contribution in [2.45, 2.75) is 29.4 Å². The van der Waals surface area contributed by atoms with E-state index in [1.807, 2.05) is 23.6 Å². The highest BCUT2D eigenvalue weighted by molar-refractivity contribution is 7.92. The van der Waals surface area contributed by atoms with Crippen LogP contribution >= 0.6 is 22.9 Å². The van der Waals surface area contributed by atoms with Gasteiger partial charge in [0.25, 0.3) is 5.69 Å². The number of piperidine rings is 1. The largest absolute Gasteiger partial charge is 0.497 e. The van der Waals surface area contributed by atoms with E-state index in [-0.39, 0.29) is 9.92 Å². The first-order valence-corrected chi connectivity index (χ1v) is 13.6. The van der Waals surface area contributed by atoms with Gasteiger partial charge in [0.1, 0.15) is 16.5 Å². The van der Waals surface area contributed by atoms with Gasteiger partial charge >= 0.3 is 0 Å². The Balaban J connectivity index is 1.43. The van der Waals surface area contributed by atoms with Crippen molar-refractivity contribution in [2.24, 2.45) is 0 Å². The van der Waals surface area contributed by atoms with Crippen LogP contribution in [0.4, 0.5) is 10.8 Å². The average Bonchev–Trinajstić information content (AvgIpc) is 3.33. The molecule has 1 fully saturated rings. The molecule has 0 spiro atoms. The topological polar surface area (TPSA) is 112 Å². The van der Waals surface area contributed by atoms with Crippen LogP contribution in [0.15, 0.2) is 46.7 Å². The van der Waals surface area contributed by atoms with Crippen molar-refractivity contribution in [1.82, 2.24) is 4.98 Å². The molecule has 35 heavy (non-hydrogen) atoms. The zero-order chi connectivity index (χ0) is 25.2. The number of thiazole rings is 1. The number of nitro groups is 1. The molecule has 12 heteroatoms. The number of methoxy groups -OCH3 is 2. The highest BCUT2D eigenvalue weighted by Gasteiger charge is 2.33. The Kier molecular flexibility index (Phi) is 7.48. The maximum atomic E-state index is 13.1. The first-order valence-electron chi connectivity index (χ1n) is 10.8. The lowest BCUT2D eigenvalue weighted by Gasteiger charge is -2.31. The molecule has 0 atom stereocenters. The number of nitrogens with zero attached hydrogens (tertiary/aromatic N) is 3. The second-order valence-corrected chi connectivity index (χ2v) is 11.5. The Morgan fingerprint density at radius 3 is 2.57 bits per heavy atom. The number of sulfone groups is 1. The molecule has 1 saturated heterocycles. The molecule has 0 N–H and O–H groups in total. The number of aromatic nitrogens is 1. The van der Waals surface area contributed by atoms with Crippen molar-refractivity contribution in [3.8, 4) is 11.5 Å². The second kappa shape index (κ2) is 10.4. The Labute approximate surface area is 212 Å². The molecule has 2 heterocycles. The Hall–Kier alpha value is -2.89. The fourth-order valence-electron chi connectivity index (χ4n) is 4.07. The van der Waals surface area contributed by atoms with Gasteiger partial charge in [-0.15, -0.1) is 11.3 Å². The van der Waals surface area contributed by atoms with Gasteiger partial charge in [0.2, 0.25) is 0 Å². The summed E-state index contributed by atoms with van der Waals surface area (Å²) in [6, 6.07) is 9.31. The van der Waals surface area contributed by atoms with Crippen LogP contribution < -0.4 is 14.4 Å². The molecule has 0 amide bonds. The number of rotatable bonds is 8. The van der Waals surface area contributed by atoms with Gasteiger partial charge in [0, 0.05) is 42.6 Å². The fraction of sp³-hybridized carbons (Fsp3) is 0.348. The van der Waals surface area contributed by atoms with Gasteiger partial charge in [-0.05, 0) is 31.0 Å². The van der Waals surface area contributed by atoms with Gasteiger partial charge in [-0.3, -0.25) is 10.1 Å². The fourth-order valence-corrected chi connectivity index (χ4v) is 6.89. The summed E-state index contributed by atoms with van der Waals surface area (Å²) < 4.78 is 36.9. The van der Waals surface area contributed by atoms with Crippen molar-refractivity contribution >= 4 is 43.6 Å². The van der Waals surface area contributed by atoms with E-state index in [0.717, 1.165) is 34.0 Å². The molecule has 0 aliphatic carbocycles. The third-order valence-electron chi connectivity index (χ3n) is 6.00. The predicted molar refractivity (Wildman–Crippen MR) is 135 cm³/mol. The van der Waals surface area contributed by atoms with Gasteiger partial charge in [0.15, 0.2) is 15.0 Å². The molecule has 0 unspecified atom stereocenters. The summed E-state index contributed by atoms with van der Waals surface area (Å²) in [5.74, 6) is 1.45. The third-order valence-corrected chi connectivity index (χ3v) is 9.53. The van der Waals surface area contributed by atoms with Crippen molar-refractivity contribution in [2.75, 3.05) is 32.2 Å². The lowest BCUT2D eigenvalue weighted by molar-refractivity contribution is -0.384. The minimum Gasteiger partial charge on any atom is -0.497 e. The van der Waals surface area contributed by atoms with Crippen LogP contribution in [-0.4, -0.2) is 50.9 Å². The van der Waals surface area contributed by atoms with Crippen LogP contribution in [0.5, 0.6) is 11.5 Å². The predicted octanol–water partition coefficient (Wildman–Crippen LogP) is 4.76. The van der Waals surface area contributed by atoms with Crippen LogP contribution in [-0.2, 0) is 16.3 Å². The van der Waals surface area contributed by atoms with Crippen LogP contribution in [0.2, 0.25) is 5.02 Å². The van der Waals surface area contributed by atoms with E-state index in [0.29, 0.717) is 32.4 Å². The summed E-state index contributed by atoms with van der Waals surface area (Å²) in [7, 11) is -0.498. The smallest absolute Gasteiger partial charge is 0.289 e. The molecule has 3 aromatic rings. The standard InChI is InChI=1S/C23H24ClN3O6S2/c1-32-17-4-3-15(22(12-17)33-2)11-16-14-34-23(25-16)26-9-7-18(8-10-26)35(30,31)19-5-6-20(24)21(13-19)27(28)29/h3-6,12-14,18H,7-11H2,1-2H3. The SMILES string of the molecule is COc1ccc(Cc2csc(N3CCC(S(=O)(=O)c4ccc(Cl)c([N+](=O)[O-])c4)CC3)n2)c(OC)c1. The molecule has 0 radical (unpaired) electrons. The number of halogens is 1. The van der Waals surface area contributed by atoms with Crippen molar-refractivity contribution in [3.63, 3.8) is 0 Å². The summed E-state index contributed by atoms with van der Waals surface area (Å²) in [4.78, 5) is 17.2. The van der Waals surface area contributed by atoms with E-state index in [1.165, 1.54) is 23.5 Å². The van der Waals surface area contributed by atoms with E-state index in [1.54, 1.807) is 14.2 Å². The van der Waals surface area contributed by atoms with Gasteiger partial charge in [-0.2, -0.15) is 0 Å². The molecular formula is C23H24ClN3O6S2. The van der Waals surface area contributed by atoms with Crippen LogP contribution in [0.25, 0.3) is 0 Å². The van der Waals surface area contributed by atoms with E-state index in [2.05, 4.69) is 4.90 Å². The molecule has 1 aromatic heterocycles. The summed E-state index contributed by atoms with van der Waals surface area (Å²) in [6.07, 6.45) is 1.41. The molecule has 186 valence electrons. The third kappa shape index (κ3) is 5.36. The Bertz CT molecular complexity index is 1340. The molecule has 9 nitrogen and oxygen atoms in total. The number of hydrogen-bond acceptors (Lipinski definition) is 9. The Morgan fingerprint density at radius 1 is 1.17 bits per heavy atom. The van der Waals surface area contributed by atoms with Gasteiger partial charge in [0.05, 0.1) is 35.0 Å². The Morgan fingerprint density at radius 2 is 1.91 bits per heavy atom. The summed E-state index contributed by atoms with van der Waals surface area (Å²) in [5.41, 5.74) is 1.48. The number of nitro benzene ring substituents is 1. The highest BCUT2D eigenvalue weighted by Crippen LogP contribution is 2.33. The highest BCUT2D eigenvalue weighted by atomic mass is 35.5. The van der Waals surface area contributed by atoms with Crippen molar-refractivity contribution < 1.29 is 22.8 Å². The maximum absolute atomic E-state index is 13.1. The van der Waals surface area contributed by atoms with Crippen LogP contribution in [0.1, 0.15) is 24.1 Å². The summed E-state index contributed by atoms with van der Waals surface area (Å²) in [5, 5.41) is 13.3. The van der Waals surface area contributed by atoms with E-state index < -0.39 is 25.7 Å². The number of ether oxygens (including phenoxy) is 2. The molecule has 1 aliphatic heterocycles. The van der Waals surface area contributed by atoms with Gasteiger partial charge in [-0.1, -0.05) is 17.7 Å². The van der Waals surface area contributed by atoms with E-state index in [4.69, 9.17) is 26.1 Å². The van der Waals surface area contributed by atoms with E-state index >= 15 is 0 Å². The zero-order valence-corrected chi connectivity index (χ0v) is 21.5. The maximum Gasteiger partial charge on any atom is 0.289 e. The lowest BCUT2D eigenvalue weighted by atomic mass is 10.1. The number of benzene rings is 2. The van der Waals surface area contributed by atoms with Gasteiger partial charge < -0.3 is 14.4 Å². The van der Waals surface area contributed by atoms with Crippen molar-refractivity contribution in [1.29, 1.82) is 0 Å². The number of anilines is 1. The normalized spacial score (nSPS) is 14.7.